The minimum atomic E-state index is 0.590. The van der Waals surface area contributed by atoms with Gasteiger partial charge in [0.15, 0.2) is 0 Å². The minimum absolute atomic E-state index is 0.590. The number of hydrogen-bond acceptors (Lipinski definition) is 1. The van der Waals surface area contributed by atoms with Gasteiger partial charge in [-0.05, 0) is 36.2 Å². The molecule has 0 amide bonds. The Morgan fingerprint density at radius 2 is 1.86 bits per heavy atom. The fourth-order valence-corrected chi connectivity index (χ4v) is 2.97. The fraction of sp³-hybridized carbons (Fsp3) is 0.278. The Bertz CT molecular complexity index is 793. The van der Waals surface area contributed by atoms with Gasteiger partial charge in [0, 0.05) is 13.0 Å². The van der Waals surface area contributed by atoms with Crippen LogP contribution in [0, 0.1) is 0 Å². The van der Waals surface area contributed by atoms with Gasteiger partial charge in [-0.1, -0.05) is 54.7 Å². The van der Waals surface area contributed by atoms with E-state index in [0.29, 0.717) is 10.0 Å². The normalized spacial score (nSPS) is 11.2. The zero-order valence-electron chi connectivity index (χ0n) is 12.5. The number of imidazole rings is 1. The SMILES string of the molecule is CCCCc1nc2ccccc2n1Cc1ccc(Cl)c(Cl)c1. The lowest BCUT2D eigenvalue weighted by molar-refractivity contribution is 0.690. The summed E-state index contributed by atoms with van der Waals surface area (Å²) in [6, 6.07) is 14.1. The van der Waals surface area contributed by atoms with Crippen molar-refractivity contribution in [3.8, 4) is 0 Å². The average Bonchev–Trinajstić information content (AvgIpc) is 2.87. The Hall–Kier alpha value is -1.51. The van der Waals surface area contributed by atoms with Crippen LogP contribution in [0.2, 0.25) is 10.0 Å². The molecule has 1 heterocycles. The Kier molecular flexibility index (Phi) is 4.70. The van der Waals surface area contributed by atoms with Gasteiger partial charge in [-0.2, -0.15) is 0 Å². The molecule has 114 valence electrons. The van der Waals surface area contributed by atoms with Crippen molar-refractivity contribution >= 4 is 34.2 Å². The van der Waals surface area contributed by atoms with E-state index in [1.54, 1.807) is 0 Å². The molecule has 0 radical (unpaired) electrons. The van der Waals surface area contributed by atoms with E-state index in [4.69, 9.17) is 28.2 Å². The first-order chi connectivity index (χ1) is 10.7. The van der Waals surface area contributed by atoms with Gasteiger partial charge in [0.1, 0.15) is 5.82 Å². The molecule has 0 N–H and O–H groups in total. The van der Waals surface area contributed by atoms with Crippen LogP contribution in [0.4, 0.5) is 0 Å². The van der Waals surface area contributed by atoms with Crippen LogP contribution < -0.4 is 0 Å². The number of rotatable bonds is 5. The highest BCUT2D eigenvalue weighted by Gasteiger charge is 2.11. The van der Waals surface area contributed by atoms with Crippen LogP contribution in [0.1, 0.15) is 31.2 Å². The number of halogens is 2. The molecule has 0 aliphatic rings. The third kappa shape index (κ3) is 3.13. The number of aromatic nitrogens is 2. The Morgan fingerprint density at radius 3 is 2.64 bits per heavy atom. The lowest BCUT2D eigenvalue weighted by Crippen LogP contribution is -2.05. The number of fused-ring (bicyclic) bond motifs is 1. The van der Waals surface area contributed by atoms with Gasteiger partial charge in [0.25, 0.3) is 0 Å². The highest BCUT2D eigenvalue weighted by atomic mass is 35.5. The van der Waals surface area contributed by atoms with Gasteiger partial charge in [-0.15, -0.1) is 0 Å². The van der Waals surface area contributed by atoms with Gasteiger partial charge in [-0.3, -0.25) is 0 Å². The van der Waals surface area contributed by atoms with Crippen molar-refractivity contribution in [1.82, 2.24) is 9.55 Å². The molecule has 0 saturated carbocycles. The third-order valence-corrected chi connectivity index (χ3v) is 4.55. The van der Waals surface area contributed by atoms with E-state index >= 15 is 0 Å². The molecule has 0 aliphatic carbocycles. The molecule has 2 nitrogen and oxygen atoms in total. The minimum Gasteiger partial charge on any atom is -0.323 e. The molecule has 0 saturated heterocycles. The number of nitrogens with zero attached hydrogens (tertiary/aromatic N) is 2. The van der Waals surface area contributed by atoms with Crippen molar-refractivity contribution in [3.05, 3.63) is 63.9 Å². The number of aryl methyl sites for hydroxylation is 1. The summed E-state index contributed by atoms with van der Waals surface area (Å²) in [7, 11) is 0. The number of benzene rings is 2. The second kappa shape index (κ2) is 6.72. The predicted molar refractivity (Wildman–Crippen MR) is 93.9 cm³/mol. The number of hydrogen-bond donors (Lipinski definition) is 0. The molecule has 4 heteroatoms. The maximum atomic E-state index is 6.14. The molecule has 22 heavy (non-hydrogen) atoms. The van der Waals surface area contributed by atoms with E-state index < -0.39 is 0 Å². The zero-order chi connectivity index (χ0) is 15.5. The summed E-state index contributed by atoms with van der Waals surface area (Å²) in [4.78, 5) is 4.79. The summed E-state index contributed by atoms with van der Waals surface area (Å²) in [5.41, 5.74) is 3.35. The van der Waals surface area contributed by atoms with Gasteiger partial charge < -0.3 is 4.57 Å². The molecule has 0 spiro atoms. The summed E-state index contributed by atoms with van der Waals surface area (Å²) >= 11 is 12.1. The lowest BCUT2D eigenvalue weighted by Gasteiger charge is -2.10. The Balaban J connectivity index is 2.01. The molecule has 0 fully saturated rings. The second-order valence-corrected chi connectivity index (χ2v) is 6.27. The first-order valence-electron chi connectivity index (χ1n) is 7.57. The number of para-hydroxylation sites is 2. The maximum absolute atomic E-state index is 6.14. The van der Waals surface area contributed by atoms with Gasteiger partial charge in [0.2, 0.25) is 0 Å². The van der Waals surface area contributed by atoms with Crippen LogP contribution in [0.15, 0.2) is 42.5 Å². The van der Waals surface area contributed by atoms with Gasteiger partial charge >= 0.3 is 0 Å². The third-order valence-electron chi connectivity index (χ3n) is 3.81. The standard InChI is InChI=1S/C18H18Cl2N2/c1-2-3-8-18-21-16-6-4-5-7-17(16)22(18)12-13-9-10-14(19)15(20)11-13/h4-7,9-11H,2-3,8,12H2,1H3. The van der Waals surface area contributed by atoms with E-state index in [1.165, 1.54) is 5.52 Å². The van der Waals surface area contributed by atoms with Crippen LogP contribution in [-0.4, -0.2) is 9.55 Å². The highest BCUT2D eigenvalue weighted by Crippen LogP contribution is 2.25. The Morgan fingerprint density at radius 1 is 1.05 bits per heavy atom. The molecular weight excluding hydrogens is 315 g/mol. The van der Waals surface area contributed by atoms with Crippen molar-refractivity contribution < 1.29 is 0 Å². The van der Waals surface area contributed by atoms with Crippen molar-refractivity contribution in [2.75, 3.05) is 0 Å². The smallest absolute Gasteiger partial charge is 0.110 e. The first kappa shape index (κ1) is 15.4. The quantitative estimate of drug-likeness (QED) is 0.583. The van der Waals surface area contributed by atoms with Crippen molar-refractivity contribution in [1.29, 1.82) is 0 Å². The Labute approximate surface area is 140 Å². The van der Waals surface area contributed by atoms with Crippen molar-refractivity contribution in [2.24, 2.45) is 0 Å². The van der Waals surface area contributed by atoms with E-state index in [9.17, 15) is 0 Å². The molecule has 3 rings (SSSR count). The summed E-state index contributed by atoms with van der Waals surface area (Å²) in [5.74, 6) is 1.13. The van der Waals surface area contributed by atoms with Crippen LogP contribution in [0.3, 0.4) is 0 Å². The lowest BCUT2D eigenvalue weighted by atomic mass is 10.2. The van der Waals surface area contributed by atoms with Crippen LogP contribution in [0.5, 0.6) is 0 Å². The molecule has 0 aliphatic heterocycles. The predicted octanol–water partition coefficient (Wildman–Crippen LogP) is 5.73. The van der Waals surface area contributed by atoms with E-state index in [-0.39, 0.29) is 0 Å². The van der Waals surface area contributed by atoms with Crippen LogP contribution in [0.25, 0.3) is 11.0 Å². The van der Waals surface area contributed by atoms with Crippen molar-refractivity contribution in [3.63, 3.8) is 0 Å². The van der Waals surface area contributed by atoms with Crippen LogP contribution >= 0.6 is 23.2 Å². The fourth-order valence-electron chi connectivity index (χ4n) is 2.65. The molecular formula is C18H18Cl2N2. The molecule has 0 unspecified atom stereocenters. The molecule has 2 aromatic carbocycles. The van der Waals surface area contributed by atoms with Crippen molar-refractivity contribution in [2.45, 2.75) is 32.7 Å². The average molecular weight is 333 g/mol. The molecule has 0 bridgehead atoms. The highest BCUT2D eigenvalue weighted by molar-refractivity contribution is 6.42. The van der Waals surface area contributed by atoms with E-state index in [1.807, 2.05) is 24.3 Å². The van der Waals surface area contributed by atoms with E-state index in [2.05, 4.69) is 29.7 Å². The van der Waals surface area contributed by atoms with Gasteiger partial charge in [0.05, 0.1) is 21.1 Å². The van der Waals surface area contributed by atoms with Crippen LogP contribution in [-0.2, 0) is 13.0 Å². The largest absolute Gasteiger partial charge is 0.323 e. The summed E-state index contributed by atoms with van der Waals surface area (Å²) in [6.45, 7) is 2.96. The molecule has 3 aromatic rings. The second-order valence-electron chi connectivity index (χ2n) is 5.45. The zero-order valence-corrected chi connectivity index (χ0v) is 14.0. The maximum Gasteiger partial charge on any atom is 0.110 e. The monoisotopic (exact) mass is 332 g/mol. The van der Waals surface area contributed by atoms with Gasteiger partial charge in [-0.25, -0.2) is 4.98 Å². The van der Waals surface area contributed by atoms with E-state index in [0.717, 1.165) is 42.7 Å². The summed E-state index contributed by atoms with van der Waals surface area (Å²) in [5, 5.41) is 1.19. The first-order valence-corrected chi connectivity index (χ1v) is 8.32. The molecule has 0 atom stereocenters. The summed E-state index contributed by atoms with van der Waals surface area (Å²) in [6.07, 6.45) is 3.30. The topological polar surface area (TPSA) is 17.8 Å². The summed E-state index contributed by atoms with van der Waals surface area (Å²) < 4.78 is 2.28. The molecule has 1 aromatic heterocycles. The number of unbranched alkanes of at least 4 members (excludes halogenated alkanes) is 1.